The molecule has 1 heterocycles. The van der Waals surface area contributed by atoms with Crippen LogP contribution in [0.2, 0.25) is 0 Å². The highest BCUT2D eigenvalue weighted by Crippen LogP contribution is 2.26. The van der Waals surface area contributed by atoms with Crippen LogP contribution in [0.4, 0.5) is 5.95 Å². The van der Waals surface area contributed by atoms with E-state index in [2.05, 4.69) is 34.9 Å². The number of aromatic nitrogens is 2. The molecule has 0 radical (unpaired) electrons. The van der Waals surface area contributed by atoms with Crippen molar-refractivity contribution in [2.24, 2.45) is 5.92 Å². The molecule has 20 heavy (non-hydrogen) atoms. The van der Waals surface area contributed by atoms with Gasteiger partial charge in [-0.2, -0.15) is 0 Å². The Morgan fingerprint density at radius 3 is 3.05 bits per heavy atom. The summed E-state index contributed by atoms with van der Waals surface area (Å²) < 4.78 is 7.66. The molecule has 1 fully saturated rings. The lowest BCUT2D eigenvalue weighted by Gasteiger charge is -2.28. The van der Waals surface area contributed by atoms with E-state index in [1.165, 1.54) is 25.7 Å². The van der Waals surface area contributed by atoms with Gasteiger partial charge in [-0.15, -0.1) is 0 Å². The van der Waals surface area contributed by atoms with Crippen LogP contribution in [0.5, 0.6) is 0 Å². The Labute approximate surface area is 122 Å². The van der Waals surface area contributed by atoms with E-state index in [4.69, 9.17) is 4.74 Å². The van der Waals surface area contributed by atoms with Gasteiger partial charge in [0, 0.05) is 32.0 Å². The van der Waals surface area contributed by atoms with Gasteiger partial charge in [-0.05, 0) is 39.0 Å². The van der Waals surface area contributed by atoms with Crippen molar-refractivity contribution >= 4 is 5.95 Å². The number of rotatable bonds is 7. The first kappa shape index (κ1) is 15.4. The number of aryl methyl sites for hydroxylation is 2. The van der Waals surface area contributed by atoms with Crippen molar-refractivity contribution in [3.8, 4) is 0 Å². The number of ether oxygens (including phenoxy) is 1. The normalized spacial score (nSPS) is 22.9. The molecule has 1 aromatic heterocycles. The second kappa shape index (κ2) is 7.67. The molecule has 1 saturated carbocycles. The van der Waals surface area contributed by atoms with Crippen LogP contribution >= 0.6 is 0 Å². The highest BCUT2D eigenvalue weighted by Gasteiger charge is 2.20. The predicted molar refractivity (Wildman–Crippen MR) is 83.1 cm³/mol. The van der Waals surface area contributed by atoms with E-state index in [9.17, 15) is 0 Å². The van der Waals surface area contributed by atoms with Gasteiger partial charge in [0.2, 0.25) is 5.95 Å². The summed E-state index contributed by atoms with van der Waals surface area (Å²) in [4.78, 5) is 4.64. The highest BCUT2D eigenvalue weighted by atomic mass is 16.5. The second-order valence-electron chi connectivity index (χ2n) is 6.06. The van der Waals surface area contributed by atoms with Crippen molar-refractivity contribution in [2.45, 2.75) is 65.5 Å². The fourth-order valence-corrected chi connectivity index (χ4v) is 3.06. The number of anilines is 1. The quantitative estimate of drug-likeness (QED) is 0.775. The molecular formula is C16H29N3O. The van der Waals surface area contributed by atoms with Crippen LogP contribution in [0.15, 0.2) is 6.20 Å². The van der Waals surface area contributed by atoms with E-state index < -0.39 is 0 Å². The van der Waals surface area contributed by atoms with Crippen molar-refractivity contribution in [1.82, 2.24) is 9.55 Å². The lowest BCUT2D eigenvalue weighted by molar-refractivity contribution is 0.142. The zero-order chi connectivity index (χ0) is 14.4. The first-order valence-electron chi connectivity index (χ1n) is 8.07. The van der Waals surface area contributed by atoms with Gasteiger partial charge in [-0.3, -0.25) is 0 Å². The molecule has 1 aliphatic rings. The number of hydrogen-bond acceptors (Lipinski definition) is 3. The molecule has 2 rings (SSSR count). The average molecular weight is 279 g/mol. The molecule has 1 aliphatic carbocycles. The van der Waals surface area contributed by atoms with Crippen LogP contribution in [0.3, 0.4) is 0 Å². The van der Waals surface area contributed by atoms with Crippen LogP contribution in [-0.4, -0.2) is 28.8 Å². The van der Waals surface area contributed by atoms with Crippen LogP contribution in [0, 0.1) is 12.8 Å². The summed E-state index contributed by atoms with van der Waals surface area (Å²) in [5, 5.41) is 3.65. The fourth-order valence-electron chi connectivity index (χ4n) is 3.06. The molecule has 2 atom stereocenters. The summed E-state index contributed by atoms with van der Waals surface area (Å²) in [6, 6.07) is 0.589. The fraction of sp³-hybridized carbons (Fsp3) is 0.812. The molecule has 0 aromatic carbocycles. The number of nitrogens with one attached hydrogen (secondary N) is 1. The van der Waals surface area contributed by atoms with Crippen molar-refractivity contribution in [3.05, 3.63) is 11.9 Å². The Kier molecular flexibility index (Phi) is 5.89. The third kappa shape index (κ3) is 4.51. The largest absolute Gasteiger partial charge is 0.382 e. The van der Waals surface area contributed by atoms with Gasteiger partial charge in [0.15, 0.2) is 0 Å². The van der Waals surface area contributed by atoms with Crippen LogP contribution < -0.4 is 5.32 Å². The average Bonchev–Trinajstić information content (AvgIpc) is 2.75. The third-order valence-corrected chi connectivity index (χ3v) is 4.06. The molecule has 0 saturated heterocycles. The van der Waals surface area contributed by atoms with Crippen LogP contribution in [0.25, 0.3) is 0 Å². The zero-order valence-corrected chi connectivity index (χ0v) is 13.2. The minimum atomic E-state index is 0.589. The van der Waals surface area contributed by atoms with Crippen LogP contribution in [-0.2, 0) is 11.3 Å². The first-order chi connectivity index (χ1) is 9.69. The van der Waals surface area contributed by atoms with Gasteiger partial charge in [-0.1, -0.05) is 19.8 Å². The minimum absolute atomic E-state index is 0.589. The lowest BCUT2D eigenvalue weighted by atomic mass is 9.87. The molecule has 2 unspecified atom stereocenters. The number of nitrogens with zero attached hydrogens (tertiary/aromatic N) is 2. The molecule has 1 N–H and O–H groups in total. The maximum atomic E-state index is 5.41. The van der Waals surface area contributed by atoms with Crippen molar-refractivity contribution in [3.63, 3.8) is 0 Å². The van der Waals surface area contributed by atoms with E-state index in [1.807, 2.05) is 6.92 Å². The molecular weight excluding hydrogens is 250 g/mol. The molecule has 0 spiro atoms. The summed E-state index contributed by atoms with van der Waals surface area (Å²) >= 11 is 0. The lowest BCUT2D eigenvalue weighted by Crippen LogP contribution is -2.27. The molecule has 0 bridgehead atoms. The maximum Gasteiger partial charge on any atom is 0.203 e. The molecule has 0 amide bonds. The molecule has 4 heteroatoms. The minimum Gasteiger partial charge on any atom is -0.382 e. The van der Waals surface area contributed by atoms with E-state index in [0.29, 0.717) is 6.04 Å². The van der Waals surface area contributed by atoms with Gasteiger partial charge in [0.25, 0.3) is 0 Å². The summed E-state index contributed by atoms with van der Waals surface area (Å²) in [5.74, 6) is 1.88. The molecule has 114 valence electrons. The van der Waals surface area contributed by atoms with Gasteiger partial charge in [0.05, 0.1) is 5.69 Å². The molecule has 0 aliphatic heterocycles. The monoisotopic (exact) mass is 279 g/mol. The summed E-state index contributed by atoms with van der Waals surface area (Å²) in [6.45, 7) is 9.06. The summed E-state index contributed by atoms with van der Waals surface area (Å²) in [7, 11) is 0. The second-order valence-corrected chi connectivity index (χ2v) is 6.06. The maximum absolute atomic E-state index is 5.41. The van der Waals surface area contributed by atoms with E-state index in [0.717, 1.165) is 43.7 Å². The Morgan fingerprint density at radius 2 is 2.30 bits per heavy atom. The molecule has 1 aromatic rings. The Bertz CT molecular complexity index is 402. The summed E-state index contributed by atoms with van der Waals surface area (Å²) in [6.07, 6.45) is 8.43. The standard InChI is InChI=1S/C16H29N3O/c1-4-20-10-6-9-19-12-14(3)17-16(19)18-15-8-5-7-13(2)11-15/h12-13,15H,4-11H2,1-3H3,(H,17,18). The molecule has 4 nitrogen and oxygen atoms in total. The third-order valence-electron chi connectivity index (χ3n) is 4.06. The predicted octanol–water partition coefficient (Wildman–Crippen LogP) is 3.61. The van der Waals surface area contributed by atoms with Gasteiger partial charge in [-0.25, -0.2) is 4.98 Å². The van der Waals surface area contributed by atoms with Crippen LogP contribution in [0.1, 0.15) is 51.6 Å². The van der Waals surface area contributed by atoms with Crippen molar-refractivity contribution in [2.75, 3.05) is 18.5 Å². The highest BCUT2D eigenvalue weighted by molar-refractivity contribution is 5.30. The Balaban J connectivity index is 1.89. The topological polar surface area (TPSA) is 39.1 Å². The van der Waals surface area contributed by atoms with Crippen molar-refractivity contribution < 1.29 is 4.74 Å². The van der Waals surface area contributed by atoms with E-state index >= 15 is 0 Å². The first-order valence-corrected chi connectivity index (χ1v) is 8.07. The number of imidazole rings is 1. The van der Waals surface area contributed by atoms with Crippen molar-refractivity contribution in [1.29, 1.82) is 0 Å². The van der Waals surface area contributed by atoms with E-state index in [-0.39, 0.29) is 0 Å². The van der Waals surface area contributed by atoms with Gasteiger partial charge < -0.3 is 14.6 Å². The van der Waals surface area contributed by atoms with Gasteiger partial charge >= 0.3 is 0 Å². The summed E-state index contributed by atoms with van der Waals surface area (Å²) in [5.41, 5.74) is 1.09. The Hall–Kier alpha value is -1.03. The van der Waals surface area contributed by atoms with Gasteiger partial charge in [0.1, 0.15) is 0 Å². The SMILES string of the molecule is CCOCCCn1cc(C)nc1NC1CCCC(C)C1. The van der Waals surface area contributed by atoms with E-state index in [1.54, 1.807) is 0 Å². The zero-order valence-electron chi connectivity index (χ0n) is 13.2. The smallest absolute Gasteiger partial charge is 0.203 e. The Morgan fingerprint density at radius 1 is 1.45 bits per heavy atom. The number of hydrogen-bond donors (Lipinski definition) is 1.